The third kappa shape index (κ3) is 7.22. The van der Waals surface area contributed by atoms with E-state index in [1.165, 1.54) is 0 Å². The van der Waals surface area contributed by atoms with Gasteiger partial charge in [-0.25, -0.2) is 0 Å². The highest BCUT2D eigenvalue weighted by Crippen LogP contribution is 2.19. The molecule has 0 unspecified atom stereocenters. The number of benzene rings is 3. The zero-order chi connectivity index (χ0) is 22.4. The molecule has 31 heavy (non-hydrogen) atoms. The Kier molecular flexibility index (Phi) is 7.50. The fraction of sp³-hybridized carbons (Fsp3) is 0.0476. The number of anilines is 1. The van der Waals surface area contributed by atoms with E-state index in [4.69, 9.17) is 39.6 Å². The molecule has 3 aromatic carbocycles. The van der Waals surface area contributed by atoms with Crippen molar-refractivity contribution >= 4 is 62.0 Å². The van der Waals surface area contributed by atoms with Crippen molar-refractivity contribution in [2.45, 2.75) is 0 Å². The van der Waals surface area contributed by atoms with E-state index in [9.17, 15) is 8.42 Å². The molecule has 0 radical (unpaired) electrons. The van der Waals surface area contributed by atoms with E-state index < -0.39 is 10.1 Å². The second kappa shape index (κ2) is 10.1. The predicted octanol–water partition coefficient (Wildman–Crippen LogP) is 5.07. The maximum atomic E-state index is 11.3. The summed E-state index contributed by atoms with van der Waals surface area (Å²) in [6.07, 6.45) is 0.986. The Morgan fingerprint density at radius 3 is 1.87 bits per heavy atom. The zero-order valence-corrected chi connectivity index (χ0v) is 19.3. The lowest BCUT2D eigenvalue weighted by Crippen LogP contribution is -2.25. The van der Waals surface area contributed by atoms with Gasteiger partial charge >= 0.3 is 10.1 Å². The molecule has 0 aliphatic heterocycles. The highest BCUT2D eigenvalue weighted by atomic mass is 35.5. The van der Waals surface area contributed by atoms with Gasteiger partial charge in [-0.1, -0.05) is 35.3 Å². The van der Waals surface area contributed by atoms with Crippen LogP contribution < -0.4 is 14.9 Å². The molecule has 160 valence electrons. The van der Waals surface area contributed by atoms with E-state index in [0.717, 1.165) is 17.5 Å². The van der Waals surface area contributed by atoms with Crippen molar-refractivity contribution in [3.05, 3.63) is 94.0 Å². The average Bonchev–Trinajstić information content (AvgIpc) is 2.71. The van der Waals surface area contributed by atoms with E-state index in [2.05, 4.69) is 15.8 Å². The van der Waals surface area contributed by atoms with Crippen molar-refractivity contribution < 1.29 is 12.6 Å². The van der Waals surface area contributed by atoms with E-state index in [-0.39, 0.29) is 10.9 Å². The highest BCUT2D eigenvalue weighted by Gasteiger charge is 2.10. The van der Waals surface area contributed by atoms with E-state index >= 15 is 0 Å². The number of hydrogen-bond acceptors (Lipinski definition) is 5. The fourth-order valence-electron chi connectivity index (χ4n) is 2.55. The third-order valence-electron chi connectivity index (χ3n) is 3.86. The van der Waals surface area contributed by atoms with Gasteiger partial charge in [-0.2, -0.15) is 13.5 Å². The first-order valence-corrected chi connectivity index (χ1v) is 11.8. The Morgan fingerprint density at radius 1 is 0.871 bits per heavy atom. The summed E-state index contributed by atoms with van der Waals surface area (Å²) in [5.74, 6) is 0.203. The molecule has 0 spiro atoms. The Morgan fingerprint density at radius 2 is 1.35 bits per heavy atom. The summed E-state index contributed by atoms with van der Waals surface area (Å²) in [5.41, 5.74) is 5.65. The second-order valence-corrected chi connectivity index (χ2v) is 9.21. The summed E-state index contributed by atoms with van der Waals surface area (Å²) in [6.45, 7) is 0. The Hall–Kier alpha value is -2.65. The van der Waals surface area contributed by atoms with Crippen molar-refractivity contribution in [2.75, 3.05) is 11.6 Å². The highest BCUT2D eigenvalue weighted by molar-refractivity contribution is 7.86. The Balaban J connectivity index is 1.85. The van der Waals surface area contributed by atoms with Crippen molar-refractivity contribution in [1.29, 1.82) is 0 Å². The SMILES string of the molecule is CS(=O)(=O)Oc1ccc(C(=NNC(=S)Nc2ccc(Cl)cc2)c2ccc(Cl)cc2)cc1. The normalized spacial score (nSPS) is 11.6. The summed E-state index contributed by atoms with van der Waals surface area (Å²) in [6, 6.07) is 20.7. The van der Waals surface area contributed by atoms with Crippen LogP contribution in [-0.4, -0.2) is 25.5 Å². The molecule has 0 amide bonds. The lowest BCUT2D eigenvalue weighted by atomic mass is 10.0. The minimum absolute atomic E-state index is 0.203. The van der Waals surface area contributed by atoms with Crippen LogP contribution in [0.3, 0.4) is 0 Å². The summed E-state index contributed by atoms with van der Waals surface area (Å²) >= 11 is 17.2. The molecule has 0 saturated heterocycles. The average molecular weight is 494 g/mol. The van der Waals surface area contributed by atoms with Crippen LogP contribution in [0.25, 0.3) is 0 Å². The number of nitrogens with zero attached hydrogens (tertiary/aromatic N) is 1. The molecule has 2 N–H and O–H groups in total. The monoisotopic (exact) mass is 493 g/mol. The first-order valence-electron chi connectivity index (χ1n) is 8.86. The Bertz CT molecular complexity index is 1200. The molecular weight excluding hydrogens is 477 g/mol. The lowest BCUT2D eigenvalue weighted by molar-refractivity contribution is 0.493. The van der Waals surface area contributed by atoms with Crippen LogP contribution in [0, 0.1) is 0 Å². The molecule has 0 saturated carbocycles. The molecule has 0 atom stereocenters. The second-order valence-electron chi connectivity index (χ2n) is 6.35. The molecule has 0 aromatic heterocycles. The zero-order valence-electron chi connectivity index (χ0n) is 16.2. The maximum Gasteiger partial charge on any atom is 0.306 e. The number of nitrogens with one attached hydrogen (secondary N) is 2. The first-order chi connectivity index (χ1) is 14.7. The molecule has 0 fully saturated rings. The molecule has 0 aliphatic carbocycles. The van der Waals surface area contributed by atoms with Crippen LogP contribution in [0.2, 0.25) is 10.0 Å². The summed E-state index contributed by atoms with van der Waals surface area (Å²) in [7, 11) is -3.61. The van der Waals surface area contributed by atoms with Gasteiger partial charge in [0.25, 0.3) is 0 Å². The molecule has 0 bridgehead atoms. The molecule has 6 nitrogen and oxygen atoms in total. The van der Waals surface area contributed by atoms with E-state index in [0.29, 0.717) is 21.3 Å². The van der Waals surface area contributed by atoms with Crippen LogP contribution >= 0.6 is 35.4 Å². The molecule has 0 aliphatic rings. The largest absolute Gasteiger partial charge is 0.383 e. The minimum atomic E-state index is -3.61. The summed E-state index contributed by atoms with van der Waals surface area (Å²) in [4.78, 5) is 0. The van der Waals surface area contributed by atoms with Crippen molar-refractivity contribution in [3.63, 3.8) is 0 Å². The summed E-state index contributed by atoms with van der Waals surface area (Å²) < 4.78 is 27.5. The van der Waals surface area contributed by atoms with Gasteiger partial charge < -0.3 is 9.50 Å². The molecule has 3 aromatic rings. The number of hydrogen-bond donors (Lipinski definition) is 2. The summed E-state index contributed by atoms with van der Waals surface area (Å²) in [5, 5.41) is 8.96. The van der Waals surface area contributed by atoms with Gasteiger partial charge in [0.05, 0.1) is 12.0 Å². The van der Waals surface area contributed by atoms with Crippen molar-refractivity contribution in [3.8, 4) is 5.75 Å². The van der Waals surface area contributed by atoms with Crippen LogP contribution in [0.15, 0.2) is 77.9 Å². The van der Waals surface area contributed by atoms with Crippen molar-refractivity contribution in [2.24, 2.45) is 5.10 Å². The van der Waals surface area contributed by atoms with Gasteiger partial charge in [0.15, 0.2) is 5.11 Å². The van der Waals surface area contributed by atoms with Crippen molar-refractivity contribution in [1.82, 2.24) is 5.43 Å². The molecule has 3 rings (SSSR count). The van der Waals surface area contributed by atoms with Crippen LogP contribution in [0.1, 0.15) is 11.1 Å². The van der Waals surface area contributed by atoms with Crippen LogP contribution in [-0.2, 0) is 10.1 Å². The van der Waals surface area contributed by atoms with Gasteiger partial charge in [0, 0.05) is 26.9 Å². The van der Waals surface area contributed by atoms with E-state index in [1.807, 2.05) is 12.1 Å². The number of thiocarbonyl (C=S) groups is 1. The number of hydrazone groups is 1. The standard InChI is InChI=1S/C21H17Cl2N3O3S2/c1-31(27,28)29-19-12-4-15(5-13-19)20(14-2-6-16(22)7-3-14)25-26-21(30)24-18-10-8-17(23)9-11-18/h2-13H,1H3,(H2,24,26,30). The van der Waals surface area contributed by atoms with Gasteiger partial charge in [0.2, 0.25) is 0 Å². The van der Waals surface area contributed by atoms with Gasteiger partial charge in [0.1, 0.15) is 5.75 Å². The number of halogens is 2. The quantitative estimate of drug-likeness (QED) is 0.216. The minimum Gasteiger partial charge on any atom is -0.383 e. The van der Waals surface area contributed by atoms with Crippen LogP contribution in [0.5, 0.6) is 5.75 Å². The maximum absolute atomic E-state index is 11.3. The van der Waals surface area contributed by atoms with Gasteiger partial charge in [-0.05, 0) is 72.9 Å². The third-order valence-corrected chi connectivity index (χ3v) is 5.06. The number of rotatable bonds is 6. The first kappa shape index (κ1) is 23.0. The predicted molar refractivity (Wildman–Crippen MR) is 130 cm³/mol. The van der Waals surface area contributed by atoms with E-state index in [1.54, 1.807) is 60.7 Å². The topological polar surface area (TPSA) is 79.8 Å². The fourth-order valence-corrected chi connectivity index (χ4v) is 3.42. The Labute approximate surface area is 196 Å². The lowest BCUT2D eigenvalue weighted by Gasteiger charge is -2.11. The molecular formula is C21H17Cl2N3O3S2. The molecule has 10 heteroatoms. The van der Waals surface area contributed by atoms with Gasteiger partial charge in [-0.15, -0.1) is 0 Å². The smallest absolute Gasteiger partial charge is 0.306 e. The van der Waals surface area contributed by atoms with Crippen LogP contribution in [0.4, 0.5) is 5.69 Å². The van der Waals surface area contributed by atoms with Gasteiger partial charge in [-0.3, -0.25) is 5.43 Å². The molecule has 0 heterocycles.